The first kappa shape index (κ1) is 25.6. The number of amides is 1. The highest BCUT2D eigenvalue weighted by atomic mass is 32.2. The van der Waals surface area contributed by atoms with Gasteiger partial charge in [0.2, 0.25) is 21.7 Å². The zero-order valence-electron chi connectivity index (χ0n) is 19.4. The topological polar surface area (TPSA) is 133 Å². The average molecular weight is 492 g/mol. The van der Waals surface area contributed by atoms with Crippen molar-refractivity contribution in [2.24, 2.45) is 0 Å². The van der Waals surface area contributed by atoms with Gasteiger partial charge in [-0.3, -0.25) is 14.4 Å². The van der Waals surface area contributed by atoms with Gasteiger partial charge in [0.1, 0.15) is 6.54 Å². The number of anilines is 1. The van der Waals surface area contributed by atoms with E-state index < -0.39 is 29.1 Å². The predicted molar refractivity (Wildman–Crippen MR) is 124 cm³/mol. The highest BCUT2D eigenvalue weighted by Gasteiger charge is 2.22. The molecule has 184 valence electrons. The second kappa shape index (κ2) is 10.9. The van der Waals surface area contributed by atoms with Gasteiger partial charge in [-0.2, -0.15) is 4.72 Å². The summed E-state index contributed by atoms with van der Waals surface area (Å²) in [6.45, 7) is 5.38. The Balaban J connectivity index is 1.51. The maximum absolute atomic E-state index is 12.6. The summed E-state index contributed by atoms with van der Waals surface area (Å²) < 4.78 is 39.6. The molecule has 1 saturated heterocycles. The van der Waals surface area contributed by atoms with Gasteiger partial charge in [0, 0.05) is 42.7 Å². The largest absolute Gasteiger partial charge is 0.456 e. The number of ether oxygens (including phenoxy) is 2. The number of carbonyl (C=O) groups excluding carboxylic acids is 3. The molecule has 1 amide bonds. The number of esters is 1. The Kier molecular flexibility index (Phi) is 8.24. The second-order valence-electron chi connectivity index (χ2n) is 8.14. The van der Waals surface area contributed by atoms with Crippen LogP contribution >= 0.6 is 0 Å². The van der Waals surface area contributed by atoms with Gasteiger partial charge in [0.15, 0.2) is 6.61 Å². The summed E-state index contributed by atoms with van der Waals surface area (Å²) in [5, 5.41) is 2.53. The molecular weight excluding hydrogens is 462 g/mol. The van der Waals surface area contributed by atoms with Crippen LogP contribution in [0.4, 0.5) is 5.69 Å². The number of ketones is 1. The lowest BCUT2D eigenvalue weighted by molar-refractivity contribution is -0.141. The first-order valence-corrected chi connectivity index (χ1v) is 12.4. The molecule has 11 heteroatoms. The molecule has 1 aromatic heterocycles. The van der Waals surface area contributed by atoms with Crippen LogP contribution in [0.15, 0.2) is 35.2 Å². The number of carbonyl (C=O) groups is 3. The molecule has 1 aliphatic rings. The standard InChI is InChI=1S/C23H29N3O7S/c1-15-11-21(16(2)26(15)13-19-5-4-10-32-19)22(28)14-33-23(29)12-24-34(30,31)20-8-6-18(7-9-20)25-17(3)27/h6-9,11,19,24H,4-5,10,12-14H2,1-3H3,(H,25,27). The number of nitrogens with zero attached hydrogens (tertiary/aromatic N) is 1. The SMILES string of the molecule is CC(=O)Nc1ccc(S(=O)(=O)NCC(=O)OCC(=O)c2cc(C)n(CC3CCCO3)c2C)cc1. The van der Waals surface area contributed by atoms with Gasteiger partial charge in [0.05, 0.1) is 11.0 Å². The molecule has 0 bridgehead atoms. The van der Waals surface area contributed by atoms with E-state index in [1.54, 1.807) is 6.07 Å². The van der Waals surface area contributed by atoms with Crippen LogP contribution in [0.25, 0.3) is 0 Å². The quantitative estimate of drug-likeness (QED) is 0.383. The Morgan fingerprint density at radius 2 is 1.88 bits per heavy atom. The predicted octanol–water partition coefficient (Wildman–Crippen LogP) is 1.95. The van der Waals surface area contributed by atoms with Crippen molar-refractivity contribution in [3.63, 3.8) is 0 Å². The van der Waals surface area contributed by atoms with E-state index in [2.05, 4.69) is 10.0 Å². The Hall–Kier alpha value is -3.02. The summed E-state index contributed by atoms with van der Waals surface area (Å²) in [6.07, 6.45) is 2.13. The third-order valence-corrected chi connectivity index (χ3v) is 6.96. The van der Waals surface area contributed by atoms with Gasteiger partial charge in [-0.1, -0.05) is 0 Å². The highest BCUT2D eigenvalue weighted by molar-refractivity contribution is 7.89. The van der Waals surface area contributed by atoms with Crippen molar-refractivity contribution < 1.29 is 32.3 Å². The third-order valence-electron chi connectivity index (χ3n) is 5.54. The molecule has 2 aromatic rings. The number of rotatable bonds is 10. The lowest BCUT2D eigenvalue weighted by Crippen LogP contribution is -2.31. The highest BCUT2D eigenvalue weighted by Crippen LogP contribution is 2.21. The van der Waals surface area contributed by atoms with Crippen molar-refractivity contribution in [2.45, 2.75) is 51.2 Å². The smallest absolute Gasteiger partial charge is 0.321 e. The molecule has 2 N–H and O–H groups in total. The maximum Gasteiger partial charge on any atom is 0.321 e. The Labute approximate surface area is 198 Å². The minimum atomic E-state index is -3.98. The van der Waals surface area contributed by atoms with Crippen molar-refractivity contribution in [3.8, 4) is 0 Å². The normalized spacial score (nSPS) is 15.8. The number of sulfonamides is 1. The zero-order valence-corrected chi connectivity index (χ0v) is 20.2. The van der Waals surface area contributed by atoms with Gasteiger partial charge in [0.25, 0.3) is 0 Å². The number of benzene rings is 1. The van der Waals surface area contributed by atoms with E-state index in [0.717, 1.165) is 30.8 Å². The summed E-state index contributed by atoms with van der Waals surface area (Å²) in [5.41, 5.74) is 2.60. The fourth-order valence-corrected chi connectivity index (χ4v) is 4.76. The molecule has 3 rings (SSSR count). The van der Waals surface area contributed by atoms with E-state index in [-0.39, 0.29) is 22.7 Å². The lowest BCUT2D eigenvalue weighted by Gasteiger charge is -2.14. The number of hydrogen-bond acceptors (Lipinski definition) is 7. The first-order chi connectivity index (χ1) is 16.1. The van der Waals surface area contributed by atoms with Crippen molar-refractivity contribution in [1.82, 2.24) is 9.29 Å². The Morgan fingerprint density at radius 1 is 1.18 bits per heavy atom. The van der Waals surface area contributed by atoms with Gasteiger partial charge in [-0.15, -0.1) is 0 Å². The minimum absolute atomic E-state index is 0.0795. The maximum atomic E-state index is 12.6. The Morgan fingerprint density at radius 3 is 2.50 bits per heavy atom. The van der Waals surface area contributed by atoms with Crippen LogP contribution in [-0.4, -0.2) is 56.5 Å². The van der Waals surface area contributed by atoms with Gasteiger partial charge in [-0.25, -0.2) is 8.42 Å². The van der Waals surface area contributed by atoms with Crippen molar-refractivity contribution in [2.75, 3.05) is 25.1 Å². The molecule has 2 heterocycles. The number of Topliss-reactive ketones (excluding diaryl/α,β-unsaturated/α-hetero) is 1. The molecule has 34 heavy (non-hydrogen) atoms. The molecule has 0 radical (unpaired) electrons. The lowest BCUT2D eigenvalue weighted by atomic mass is 10.1. The van der Waals surface area contributed by atoms with E-state index in [1.165, 1.54) is 31.2 Å². The summed E-state index contributed by atoms with van der Waals surface area (Å²) >= 11 is 0. The van der Waals surface area contributed by atoms with Crippen molar-refractivity contribution in [1.29, 1.82) is 0 Å². The van der Waals surface area contributed by atoms with Gasteiger partial charge in [-0.05, 0) is 57.0 Å². The van der Waals surface area contributed by atoms with Crippen LogP contribution in [0, 0.1) is 13.8 Å². The number of hydrogen-bond donors (Lipinski definition) is 2. The molecule has 10 nitrogen and oxygen atoms in total. The van der Waals surface area contributed by atoms with Crippen LogP contribution in [0.2, 0.25) is 0 Å². The van der Waals surface area contributed by atoms with Crippen LogP contribution < -0.4 is 10.0 Å². The summed E-state index contributed by atoms with van der Waals surface area (Å²) in [7, 11) is -3.98. The Bertz CT molecular complexity index is 1160. The second-order valence-corrected chi connectivity index (χ2v) is 9.91. The van der Waals surface area contributed by atoms with E-state index in [1.807, 2.05) is 18.4 Å². The fraction of sp³-hybridized carbons (Fsp3) is 0.435. The van der Waals surface area contributed by atoms with Crippen molar-refractivity contribution in [3.05, 3.63) is 47.3 Å². The monoisotopic (exact) mass is 491 g/mol. The molecule has 1 atom stereocenters. The molecule has 0 saturated carbocycles. The summed E-state index contributed by atoms with van der Waals surface area (Å²) in [4.78, 5) is 35.6. The summed E-state index contributed by atoms with van der Waals surface area (Å²) in [6, 6.07) is 7.22. The minimum Gasteiger partial charge on any atom is -0.456 e. The molecule has 1 unspecified atom stereocenters. The third kappa shape index (κ3) is 6.52. The van der Waals surface area contributed by atoms with Crippen LogP contribution in [0.3, 0.4) is 0 Å². The molecular formula is C23H29N3O7S. The van der Waals surface area contributed by atoms with Crippen molar-refractivity contribution >= 4 is 33.4 Å². The van der Waals surface area contributed by atoms with Crippen LogP contribution in [-0.2, 0) is 35.6 Å². The zero-order chi connectivity index (χ0) is 24.9. The molecule has 1 aliphatic heterocycles. The first-order valence-electron chi connectivity index (χ1n) is 10.9. The number of aromatic nitrogens is 1. The van der Waals surface area contributed by atoms with Crippen LogP contribution in [0.1, 0.15) is 41.5 Å². The van der Waals surface area contributed by atoms with E-state index in [9.17, 15) is 22.8 Å². The molecule has 1 aromatic carbocycles. The molecule has 0 aliphatic carbocycles. The van der Waals surface area contributed by atoms with E-state index >= 15 is 0 Å². The number of nitrogens with one attached hydrogen (secondary N) is 2. The molecule has 0 spiro atoms. The van der Waals surface area contributed by atoms with Gasteiger partial charge < -0.3 is 19.4 Å². The van der Waals surface area contributed by atoms with Crippen LogP contribution in [0.5, 0.6) is 0 Å². The van der Waals surface area contributed by atoms with E-state index in [4.69, 9.17) is 9.47 Å². The summed E-state index contributed by atoms with van der Waals surface area (Å²) in [5.74, 6) is -1.52. The average Bonchev–Trinajstić information content (AvgIpc) is 3.40. The number of aryl methyl sites for hydroxylation is 1. The van der Waals surface area contributed by atoms with E-state index in [0.29, 0.717) is 17.8 Å². The fourth-order valence-electron chi connectivity index (χ4n) is 3.79. The van der Waals surface area contributed by atoms with Gasteiger partial charge >= 0.3 is 5.97 Å². The molecule has 1 fully saturated rings.